The molecular formula is C8H19NO3. The Balaban J connectivity index is 3.49. The molecule has 0 bridgehead atoms. The van der Waals surface area contributed by atoms with Crippen LogP contribution in [-0.4, -0.2) is 56.8 Å². The quantitative estimate of drug-likeness (QED) is 0.436. The van der Waals surface area contributed by atoms with Crippen LogP contribution in [0.15, 0.2) is 0 Å². The topological polar surface area (TPSA) is 41.9 Å². The predicted molar refractivity (Wildman–Crippen MR) is 47.0 cm³/mol. The van der Waals surface area contributed by atoms with E-state index in [4.69, 9.17) is 14.6 Å². The van der Waals surface area contributed by atoms with Crippen molar-refractivity contribution in [2.24, 2.45) is 0 Å². The van der Waals surface area contributed by atoms with E-state index in [1.54, 1.807) is 0 Å². The highest BCUT2D eigenvalue weighted by Gasteiger charge is 2.09. The summed E-state index contributed by atoms with van der Waals surface area (Å²) in [6, 6.07) is 0. The zero-order valence-electron chi connectivity index (χ0n) is 8.12. The molecule has 1 N–H and O–H groups in total. The number of aliphatic hydroxyl groups excluding tert-OH is 1. The fraction of sp³-hybridized carbons (Fsp3) is 1.00. The Hall–Kier alpha value is -0.160. The van der Waals surface area contributed by atoms with Crippen LogP contribution in [0.25, 0.3) is 0 Å². The summed E-state index contributed by atoms with van der Waals surface area (Å²) in [4.78, 5) is 1.95. The SMILES string of the molecule is CCOC(COCCO)N(C)C. The Kier molecular flexibility index (Phi) is 7.39. The van der Waals surface area contributed by atoms with Crippen molar-refractivity contribution >= 4 is 0 Å². The monoisotopic (exact) mass is 177 g/mol. The van der Waals surface area contributed by atoms with Crippen LogP contribution in [0.1, 0.15) is 6.92 Å². The molecule has 1 unspecified atom stereocenters. The number of rotatable bonds is 7. The molecule has 0 aliphatic heterocycles. The Bertz CT molecular complexity index is 98.3. The first-order chi connectivity index (χ1) is 5.72. The molecule has 1 atom stereocenters. The van der Waals surface area contributed by atoms with Crippen molar-refractivity contribution in [2.75, 3.05) is 40.5 Å². The van der Waals surface area contributed by atoms with Gasteiger partial charge in [0, 0.05) is 6.61 Å². The molecule has 0 aromatic rings. The average molecular weight is 177 g/mol. The summed E-state index contributed by atoms with van der Waals surface area (Å²) in [5, 5.41) is 8.47. The molecule has 4 nitrogen and oxygen atoms in total. The highest BCUT2D eigenvalue weighted by atomic mass is 16.5. The predicted octanol–water partition coefficient (Wildman–Crippen LogP) is -0.0805. The molecule has 0 saturated carbocycles. The maximum atomic E-state index is 8.47. The minimum absolute atomic E-state index is 0.0125. The van der Waals surface area contributed by atoms with Gasteiger partial charge >= 0.3 is 0 Å². The molecule has 0 aliphatic rings. The third kappa shape index (κ3) is 5.49. The van der Waals surface area contributed by atoms with E-state index in [9.17, 15) is 0 Å². The molecule has 0 rings (SSSR count). The van der Waals surface area contributed by atoms with E-state index in [0.29, 0.717) is 19.8 Å². The second-order valence-corrected chi connectivity index (χ2v) is 2.67. The van der Waals surface area contributed by atoms with Crippen LogP contribution in [-0.2, 0) is 9.47 Å². The molecular weight excluding hydrogens is 158 g/mol. The minimum atomic E-state index is -0.0125. The Morgan fingerprint density at radius 1 is 1.42 bits per heavy atom. The number of aliphatic hydroxyl groups is 1. The highest BCUT2D eigenvalue weighted by Crippen LogP contribution is 1.96. The van der Waals surface area contributed by atoms with Crippen LogP contribution in [0, 0.1) is 0 Å². The molecule has 4 heteroatoms. The smallest absolute Gasteiger partial charge is 0.133 e. The third-order valence-electron chi connectivity index (χ3n) is 1.43. The largest absolute Gasteiger partial charge is 0.394 e. The van der Waals surface area contributed by atoms with Crippen molar-refractivity contribution in [1.82, 2.24) is 4.90 Å². The zero-order chi connectivity index (χ0) is 9.40. The summed E-state index contributed by atoms with van der Waals surface area (Å²) in [7, 11) is 3.87. The van der Waals surface area contributed by atoms with E-state index >= 15 is 0 Å². The molecule has 0 spiro atoms. The number of hydrogen-bond acceptors (Lipinski definition) is 4. The summed E-state index contributed by atoms with van der Waals surface area (Å²) in [6.07, 6.45) is -0.0125. The van der Waals surface area contributed by atoms with Crippen LogP contribution < -0.4 is 0 Å². The normalized spacial score (nSPS) is 13.8. The second-order valence-electron chi connectivity index (χ2n) is 2.67. The van der Waals surface area contributed by atoms with Gasteiger partial charge in [0.05, 0.1) is 19.8 Å². The number of ether oxygens (including phenoxy) is 2. The van der Waals surface area contributed by atoms with Gasteiger partial charge in [-0.3, -0.25) is 4.90 Å². The van der Waals surface area contributed by atoms with Crippen LogP contribution in [0.4, 0.5) is 0 Å². The molecule has 0 aromatic carbocycles. The van der Waals surface area contributed by atoms with Crippen LogP contribution >= 0.6 is 0 Å². The van der Waals surface area contributed by atoms with Crippen molar-refractivity contribution < 1.29 is 14.6 Å². The number of nitrogens with zero attached hydrogens (tertiary/aromatic N) is 1. The van der Waals surface area contributed by atoms with Gasteiger partial charge in [0.2, 0.25) is 0 Å². The highest BCUT2D eigenvalue weighted by molar-refractivity contribution is 4.51. The zero-order valence-corrected chi connectivity index (χ0v) is 8.12. The van der Waals surface area contributed by atoms with E-state index < -0.39 is 0 Å². The molecule has 0 aromatic heterocycles. The van der Waals surface area contributed by atoms with E-state index in [0.717, 1.165) is 0 Å². The maximum absolute atomic E-state index is 8.47. The van der Waals surface area contributed by atoms with Gasteiger partial charge in [-0.2, -0.15) is 0 Å². The molecule has 0 fully saturated rings. The van der Waals surface area contributed by atoms with Gasteiger partial charge in [-0.1, -0.05) is 0 Å². The van der Waals surface area contributed by atoms with Crippen molar-refractivity contribution in [2.45, 2.75) is 13.2 Å². The van der Waals surface area contributed by atoms with Crippen molar-refractivity contribution in [1.29, 1.82) is 0 Å². The summed E-state index contributed by atoms with van der Waals surface area (Å²) in [5.41, 5.74) is 0. The van der Waals surface area contributed by atoms with E-state index in [-0.39, 0.29) is 12.8 Å². The number of likely N-dealkylation sites (N-methyl/N-ethyl adjacent to an activating group) is 1. The van der Waals surface area contributed by atoms with E-state index in [1.165, 1.54) is 0 Å². The fourth-order valence-corrected chi connectivity index (χ4v) is 0.787. The van der Waals surface area contributed by atoms with Crippen molar-refractivity contribution in [3.63, 3.8) is 0 Å². The lowest BCUT2D eigenvalue weighted by Gasteiger charge is -2.23. The Labute approximate surface area is 74.1 Å². The first kappa shape index (κ1) is 11.8. The molecule has 0 aliphatic carbocycles. The Morgan fingerprint density at radius 3 is 2.50 bits per heavy atom. The lowest BCUT2D eigenvalue weighted by Crippen LogP contribution is -2.35. The maximum Gasteiger partial charge on any atom is 0.133 e. The summed E-state index contributed by atoms with van der Waals surface area (Å²) in [5.74, 6) is 0. The standard InChI is InChI=1S/C8H19NO3/c1-4-12-8(9(2)3)7-11-6-5-10/h8,10H,4-7H2,1-3H3. The van der Waals surface area contributed by atoms with Gasteiger partial charge in [-0.15, -0.1) is 0 Å². The van der Waals surface area contributed by atoms with Crippen molar-refractivity contribution in [3.05, 3.63) is 0 Å². The van der Waals surface area contributed by atoms with Gasteiger partial charge in [0.25, 0.3) is 0 Å². The summed E-state index contributed by atoms with van der Waals surface area (Å²) in [6.45, 7) is 3.55. The van der Waals surface area contributed by atoms with Crippen LogP contribution in [0.2, 0.25) is 0 Å². The van der Waals surface area contributed by atoms with E-state index in [1.807, 2.05) is 25.9 Å². The summed E-state index contributed by atoms with van der Waals surface area (Å²) >= 11 is 0. The first-order valence-corrected chi connectivity index (χ1v) is 4.19. The van der Waals surface area contributed by atoms with Gasteiger partial charge in [-0.25, -0.2) is 0 Å². The van der Waals surface area contributed by atoms with Crippen LogP contribution in [0.3, 0.4) is 0 Å². The lowest BCUT2D eigenvalue weighted by molar-refractivity contribution is -0.0839. The lowest BCUT2D eigenvalue weighted by atomic mass is 10.5. The van der Waals surface area contributed by atoms with Gasteiger partial charge in [0.1, 0.15) is 6.23 Å². The Morgan fingerprint density at radius 2 is 2.08 bits per heavy atom. The van der Waals surface area contributed by atoms with Crippen molar-refractivity contribution in [3.8, 4) is 0 Å². The molecule has 12 heavy (non-hydrogen) atoms. The minimum Gasteiger partial charge on any atom is -0.394 e. The second kappa shape index (κ2) is 7.49. The number of hydrogen-bond donors (Lipinski definition) is 1. The molecule has 74 valence electrons. The summed E-state index contributed by atoms with van der Waals surface area (Å²) < 4.78 is 10.5. The fourth-order valence-electron chi connectivity index (χ4n) is 0.787. The molecule has 0 radical (unpaired) electrons. The van der Waals surface area contributed by atoms with Crippen LogP contribution in [0.5, 0.6) is 0 Å². The van der Waals surface area contributed by atoms with E-state index in [2.05, 4.69) is 0 Å². The molecule has 0 heterocycles. The molecule has 0 amide bonds. The first-order valence-electron chi connectivity index (χ1n) is 4.19. The average Bonchev–Trinajstić information content (AvgIpc) is 2.03. The van der Waals surface area contributed by atoms with Gasteiger partial charge in [-0.05, 0) is 21.0 Å². The van der Waals surface area contributed by atoms with Gasteiger partial charge < -0.3 is 14.6 Å². The molecule has 0 saturated heterocycles. The third-order valence-corrected chi connectivity index (χ3v) is 1.43. The van der Waals surface area contributed by atoms with Gasteiger partial charge in [0.15, 0.2) is 0 Å².